The van der Waals surface area contributed by atoms with Crippen molar-refractivity contribution in [1.82, 2.24) is 0 Å². The van der Waals surface area contributed by atoms with E-state index in [1.54, 1.807) is 0 Å². The van der Waals surface area contributed by atoms with Crippen molar-refractivity contribution < 1.29 is 0 Å². The lowest BCUT2D eigenvalue weighted by Crippen LogP contribution is -2.21. The van der Waals surface area contributed by atoms with E-state index in [2.05, 4.69) is 19.9 Å². The molecule has 0 aliphatic heterocycles. The first kappa shape index (κ1) is 8.30. The zero-order chi connectivity index (χ0) is 9.59. The molecule has 3 N–H and O–H groups in total. The van der Waals surface area contributed by atoms with Gasteiger partial charge < -0.3 is 5.73 Å². The standard InChI is InChI=1S/C11H14N2/c1-6-7(2)10-5-8(11(12)13)3-4-9(6)10/h3-7H,1-2H3,(H3,12,13). The second kappa shape index (κ2) is 2.59. The van der Waals surface area contributed by atoms with Gasteiger partial charge >= 0.3 is 0 Å². The molecule has 2 rings (SSSR count). The van der Waals surface area contributed by atoms with Crippen LogP contribution in [0.25, 0.3) is 0 Å². The van der Waals surface area contributed by atoms with E-state index in [1.807, 2.05) is 12.1 Å². The molecular weight excluding hydrogens is 160 g/mol. The monoisotopic (exact) mass is 174 g/mol. The van der Waals surface area contributed by atoms with E-state index in [4.69, 9.17) is 11.1 Å². The van der Waals surface area contributed by atoms with Gasteiger partial charge in [-0.15, -0.1) is 0 Å². The summed E-state index contributed by atoms with van der Waals surface area (Å²) in [7, 11) is 0. The Labute approximate surface area is 78.3 Å². The molecular formula is C11H14N2. The SMILES string of the molecule is CC1c2ccc(C(=N)N)cc2C1C. The van der Waals surface area contributed by atoms with Crippen molar-refractivity contribution in [1.29, 1.82) is 5.41 Å². The highest BCUT2D eigenvalue weighted by Crippen LogP contribution is 2.45. The maximum Gasteiger partial charge on any atom is 0.122 e. The van der Waals surface area contributed by atoms with Gasteiger partial charge in [-0.25, -0.2) is 0 Å². The Kier molecular flexibility index (Phi) is 1.65. The fourth-order valence-corrected chi connectivity index (χ4v) is 1.99. The molecule has 1 aliphatic rings. The minimum Gasteiger partial charge on any atom is -0.384 e. The van der Waals surface area contributed by atoms with E-state index in [1.165, 1.54) is 11.1 Å². The van der Waals surface area contributed by atoms with Crippen LogP contribution in [-0.4, -0.2) is 5.84 Å². The van der Waals surface area contributed by atoms with Crippen LogP contribution in [0.2, 0.25) is 0 Å². The molecule has 0 aromatic heterocycles. The molecule has 0 bridgehead atoms. The molecule has 2 atom stereocenters. The summed E-state index contributed by atoms with van der Waals surface area (Å²) in [4.78, 5) is 0. The van der Waals surface area contributed by atoms with Crippen LogP contribution in [0.5, 0.6) is 0 Å². The van der Waals surface area contributed by atoms with E-state index in [9.17, 15) is 0 Å². The lowest BCUT2D eigenvalue weighted by atomic mass is 9.69. The van der Waals surface area contributed by atoms with Gasteiger partial charge in [0.15, 0.2) is 0 Å². The van der Waals surface area contributed by atoms with E-state index in [0.29, 0.717) is 11.8 Å². The number of nitrogens with two attached hydrogens (primary N) is 1. The van der Waals surface area contributed by atoms with Crippen LogP contribution in [0.3, 0.4) is 0 Å². The maximum atomic E-state index is 7.32. The van der Waals surface area contributed by atoms with Crippen molar-refractivity contribution in [3.63, 3.8) is 0 Å². The highest BCUT2D eigenvalue weighted by Gasteiger charge is 2.30. The van der Waals surface area contributed by atoms with Gasteiger partial charge in [-0.1, -0.05) is 26.0 Å². The topological polar surface area (TPSA) is 49.9 Å². The summed E-state index contributed by atoms with van der Waals surface area (Å²) in [6.45, 7) is 4.46. The lowest BCUT2D eigenvalue weighted by molar-refractivity contribution is 0.542. The molecule has 68 valence electrons. The molecule has 13 heavy (non-hydrogen) atoms. The fraction of sp³-hybridized carbons (Fsp3) is 0.364. The number of amidine groups is 1. The molecule has 0 amide bonds. The van der Waals surface area contributed by atoms with Crippen molar-refractivity contribution in [2.75, 3.05) is 0 Å². The summed E-state index contributed by atoms with van der Waals surface area (Å²) in [5, 5.41) is 7.32. The van der Waals surface area contributed by atoms with Crippen molar-refractivity contribution in [2.45, 2.75) is 25.7 Å². The van der Waals surface area contributed by atoms with Crippen LogP contribution in [0.15, 0.2) is 18.2 Å². The van der Waals surface area contributed by atoms with Crippen LogP contribution in [0.1, 0.15) is 42.4 Å². The van der Waals surface area contributed by atoms with Gasteiger partial charge in [-0.2, -0.15) is 0 Å². The molecule has 2 unspecified atom stereocenters. The summed E-state index contributed by atoms with van der Waals surface area (Å²) >= 11 is 0. The van der Waals surface area contributed by atoms with Gasteiger partial charge in [0.05, 0.1) is 0 Å². The minimum atomic E-state index is 0.162. The van der Waals surface area contributed by atoms with E-state index in [-0.39, 0.29) is 5.84 Å². The number of rotatable bonds is 1. The molecule has 0 spiro atoms. The Morgan fingerprint density at radius 2 is 1.85 bits per heavy atom. The van der Waals surface area contributed by atoms with Crippen molar-refractivity contribution >= 4 is 5.84 Å². The largest absolute Gasteiger partial charge is 0.384 e. The molecule has 2 heteroatoms. The number of hydrogen-bond acceptors (Lipinski definition) is 1. The van der Waals surface area contributed by atoms with Gasteiger partial charge in [-0.05, 0) is 29.0 Å². The first-order valence-electron chi connectivity index (χ1n) is 4.59. The zero-order valence-corrected chi connectivity index (χ0v) is 7.96. The van der Waals surface area contributed by atoms with Gasteiger partial charge in [0.1, 0.15) is 5.84 Å². The number of fused-ring (bicyclic) bond motifs is 1. The predicted molar refractivity (Wildman–Crippen MR) is 54.3 cm³/mol. The Balaban J connectivity index is 2.45. The Hall–Kier alpha value is -1.31. The quantitative estimate of drug-likeness (QED) is 0.497. The van der Waals surface area contributed by atoms with Gasteiger partial charge in [0.25, 0.3) is 0 Å². The highest BCUT2D eigenvalue weighted by atomic mass is 14.7. The smallest absolute Gasteiger partial charge is 0.122 e. The first-order valence-corrected chi connectivity index (χ1v) is 4.59. The van der Waals surface area contributed by atoms with Gasteiger partial charge in [0.2, 0.25) is 0 Å². The highest BCUT2D eigenvalue weighted by molar-refractivity contribution is 5.95. The average Bonchev–Trinajstić information content (AvgIpc) is 2.15. The summed E-state index contributed by atoms with van der Waals surface area (Å²) in [5.41, 5.74) is 9.04. The summed E-state index contributed by atoms with van der Waals surface area (Å²) in [6, 6.07) is 6.07. The Morgan fingerprint density at radius 1 is 1.23 bits per heavy atom. The van der Waals surface area contributed by atoms with Crippen molar-refractivity contribution in [3.05, 3.63) is 34.9 Å². The van der Waals surface area contributed by atoms with Crippen LogP contribution >= 0.6 is 0 Å². The third-order valence-electron chi connectivity index (χ3n) is 3.13. The van der Waals surface area contributed by atoms with Gasteiger partial charge in [0, 0.05) is 5.56 Å². The van der Waals surface area contributed by atoms with Gasteiger partial charge in [-0.3, -0.25) is 5.41 Å². The molecule has 1 aromatic rings. The Bertz CT molecular complexity index is 368. The number of hydrogen-bond donors (Lipinski definition) is 2. The second-order valence-corrected chi connectivity index (χ2v) is 3.83. The molecule has 0 saturated heterocycles. The normalized spacial score (nSPS) is 24.8. The molecule has 0 radical (unpaired) electrons. The molecule has 2 nitrogen and oxygen atoms in total. The maximum absolute atomic E-state index is 7.32. The molecule has 1 aliphatic carbocycles. The van der Waals surface area contributed by atoms with Crippen molar-refractivity contribution in [2.24, 2.45) is 5.73 Å². The molecule has 0 heterocycles. The van der Waals surface area contributed by atoms with Crippen LogP contribution in [0, 0.1) is 5.41 Å². The van der Waals surface area contributed by atoms with E-state index >= 15 is 0 Å². The average molecular weight is 174 g/mol. The van der Waals surface area contributed by atoms with Crippen LogP contribution in [0.4, 0.5) is 0 Å². The number of benzene rings is 1. The number of nitrogen functional groups attached to an aromatic ring is 1. The van der Waals surface area contributed by atoms with E-state index < -0.39 is 0 Å². The van der Waals surface area contributed by atoms with Crippen LogP contribution in [-0.2, 0) is 0 Å². The first-order chi connectivity index (χ1) is 6.11. The number of nitrogens with one attached hydrogen (secondary N) is 1. The van der Waals surface area contributed by atoms with E-state index in [0.717, 1.165) is 5.56 Å². The molecule has 1 aromatic carbocycles. The van der Waals surface area contributed by atoms with Crippen LogP contribution < -0.4 is 5.73 Å². The predicted octanol–water partition coefficient (Wildman–Crippen LogP) is 2.19. The summed E-state index contributed by atoms with van der Waals surface area (Å²) in [6.07, 6.45) is 0. The lowest BCUT2D eigenvalue weighted by Gasteiger charge is -2.35. The summed E-state index contributed by atoms with van der Waals surface area (Å²) < 4.78 is 0. The zero-order valence-electron chi connectivity index (χ0n) is 7.96. The fourth-order valence-electron chi connectivity index (χ4n) is 1.99. The van der Waals surface area contributed by atoms with Crippen molar-refractivity contribution in [3.8, 4) is 0 Å². The minimum absolute atomic E-state index is 0.162. The third-order valence-corrected chi connectivity index (χ3v) is 3.13. The summed E-state index contributed by atoms with van der Waals surface area (Å²) in [5.74, 6) is 1.44. The second-order valence-electron chi connectivity index (χ2n) is 3.83. The molecule has 0 saturated carbocycles. The third kappa shape index (κ3) is 1.05. The molecule has 0 fully saturated rings. The Morgan fingerprint density at radius 3 is 2.46 bits per heavy atom.